The van der Waals surface area contributed by atoms with Crippen LogP contribution in [0.3, 0.4) is 0 Å². The van der Waals surface area contributed by atoms with Crippen molar-refractivity contribution in [2.45, 2.75) is 24.0 Å². The quantitative estimate of drug-likeness (QED) is 0.612. The fraction of sp³-hybridized carbons (Fsp3) is 0.500. The molecule has 0 radical (unpaired) electrons. The molecule has 0 bridgehead atoms. The van der Waals surface area contributed by atoms with Gasteiger partial charge in [-0.2, -0.15) is 13.2 Å². The maximum absolute atomic E-state index is 12.6. The van der Waals surface area contributed by atoms with Crippen LogP contribution in [0.5, 0.6) is 0 Å². The minimum absolute atomic E-state index is 0.135. The first-order valence-electron chi connectivity index (χ1n) is 6.01. The summed E-state index contributed by atoms with van der Waals surface area (Å²) in [5.74, 6) is -0.300. The zero-order valence-electron chi connectivity index (χ0n) is 10.9. The van der Waals surface area contributed by atoms with Crippen LogP contribution in [0.15, 0.2) is 12.3 Å². The molecule has 4 nitrogen and oxygen atoms in total. The molecule has 1 aliphatic rings. The molecule has 1 aliphatic heterocycles. The second-order valence-electron chi connectivity index (χ2n) is 4.61. The molecule has 1 aromatic rings. The second kappa shape index (κ2) is 5.88. The van der Waals surface area contributed by atoms with Gasteiger partial charge in [0, 0.05) is 6.42 Å². The van der Waals surface area contributed by atoms with Crippen LogP contribution < -0.4 is 9.88 Å². The number of ether oxygens (including phenoxy) is 1. The van der Waals surface area contributed by atoms with Gasteiger partial charge >= 0.3 is 12.1 Å². The van der Waals surface area contributed by atoms with Crippen LogP contribution in [0.2, 0.25) is 5.02 Å². The van der Waals surface area contributed by atoms with E-state index in [2.05, 4.69) is 9.72 Å². The number of nitrogens with one attached hydrogen (secondary N) is 1. The number of carbonyl (C=O) groups is 1. The number of H-pyrrole nitrogens is 1. The van der Waals surface area contributed by atoms with E-state index in [1.165, 1.54) is 12.0 Å². The molecule has 9 heteroatoms. The fourth-order valence-electron chi connectivity index (χ4n) is 2.24. The third kappa shape index (κ3) is 3.35. The summed E-state index contributed by atoms with van der Waals surface area (Å²) in [6, 6.07) is 0.131. The predicted molar refractivity (Wildman–Crippen MR) is 70.4 cm³/mol. The fourth-order valence-corrected chi connectivity index (χ4v) is 2.83. The maximum Gasteiger partial charge on any atom is 0.419 e. The van der Waals surface area contributed by atoms with E-state index in [1.807, 2.05) is 0 Å². The normalized spacial score (nSPS) is 22.5. The Balaban J connectivity index is 2.34. The smallest absolute Gasteiger partial charge is 0.419 e. The SMILES string of the molecule is COC(=O)[C@H]1C[C@@H](Cl)CN1c1[nH+]cc(C(F)(F)F)cc1Cl. The van der Waals surface area contributed by atoms with Crippen molar-refractivity contribution in [1.29, 1.82) is 0 Å². The van der Waals surface area contributed by atoms with Gasteiger partial charge in [0.05, 0.1) is 18.1 Å². The Kier molecular flexibility index (Phi) is 4.53. The first-order chi connectivity index (χ1) is 9.74. The topological polar surface area (TPSA) is 43.7 Å². The number of hydrogen-bond donors (Lipinski definition) is 0. The van der Waals surface area contributed by atoms with Crippen LogP contribution in [0, 0.1) is 0 Å². The van der Waals surface area contributed by atoms with E-state index in [9.17, 15) is 18.0 Å². The molecule has 0 aliphatic carbocycles. The molecule has 2 atom stereocenters. The van der Waals surface area contributed by atoms with Crippen molar-refractivity contribution in [3.8, 4) is 0 Å². The Labute approximate surface area is 128 Å². The molecule has 0 spiro atoms. The summed E-state index contributed by atoms with van der Waals surface area (Å²) in [4.78, 5) is 15.7. The summed E-state index contributed by atoms with van der Waals surface area (Å²) >= 11 is 11.9. The first-order valence-corrected chi connectivity index (χ1v) is 6.82. The van der Waals surface area contributed by atoms with Gasteiger partial charge < -0.3 is 4.74 Å². The largest absolute Gasteiger partial charge is 0.466 e. The number of hydrogen-bond acceptors (Lipinski definition) is 3. The highest BCUT2D eigenvalue weighted by Gasteiger charge is 2.44. The first kappa shape index (κ1) is 16.2. The average molecular weight is 344 g/mol. The van der Waals surface area contributed by atoms with Gasteiger partial charge in [0.2, 0.25) is 0 Å². The molecule has 0 unspecified atom stereocenters. The maximum atomic E-state index is 12.6. The molecule has 0 amide bonds. The standard InChI is InChI=1S/C12H11Cl2F3N2O2/c1-21-11(20)9-3-7(13)5-19(9)10-8(14)2-6(4-18-10)12(15,16)17/h2,4,7,9H,3,5H2,1H3/p+1/t7-,9-/m1/s1. The van der Waals surface area contributed by atoms with Gasteiger partial charge in [0.15, 0.2) is 6.04 Å². The monoisotopic (exact) mass is 343 g/mol. The molecule has 1 N–H and O–H groups in total. The van der Waals surface area contributed by atoms with Gasteiger partial charge in [-0.15, -0.1) is 11.6 Å². The van der Waals surface area contributed by atoms with Crippen LogP contribution in [0.25, 0.3) is 0 Å². The highest BCUT2D eigenvalue weighted by atomic mass is 35.5. The van der Waals surface area contributed by atoms with Gasteiger partial charge in [-0.25, -0.2) is 14.7 Å². The zero-order valence-corrected chi connectivity index (χ0v) is 12.4. The number of pyridine rings is 1. The van der Waals surface area contributed by atoms with Gasteiger partial charge in [0.1, 0.15) is 17.8 Å². The van der Waals surface area contributed by atoms with Crippen molar-refractivity contribution in [2.24, 2.45) is 0 Å². The number of anilines is 1. The molecule has 116 valence electrons. The number of halogens is 5. The number of aromatic nitrogens is 1. The summed E-state index contributed by atoms with van der Waals surface area (Å²) in [5, 5.41) is -0.453. The predicted octanol–water partition coefficient (Wildman–Crippen LogP) is 2.53. The number of carbonyl (C=O) groups excluding carboxylic acids is 1. The lowest BCUT2D eigenvalue weighted by Crippen LogP contribution is -2.40. The van der Waals surface area contributed by atoms with E-state index in [-0.39, 0.29) is 22.8 Å². The third-order valence-electron chi connectivity index (χ3n) is 3.21. The molecule has 1 fully saturated rings. The van der Waals surface area contributed by atoms with Crippen molar-refractivity contribution in [2.75, 3.05) is 18.6 Å². The van der Waals surface area contributed by atoms with E-state index >= 15 is 0 Å². The van der Waals surface area contributed by atoms with Crippen molar-refractivity contribution >= 4 is 35.0 Å². The zero-order chi connectivity index (χ0) is 15.8. The number of alkyl halides is 4. The molecular formula is C12H12Cl2F3N2O2+. The summed E-state index contributed by atoms with van der Waals surface area (Å²) in [5.41, 5.74) is -0.896. The molecule has 2 rings (SSSR count). The molecule has 0 saturated carbocycles. The number of methoxy groups -OCH3 is 1. The van der Waals surface area contributed by atoms with Crippen molar-refractivity contribution in [3.05, 3.63) is 22.8 Å². The van der Waals surface area contributed by atoms with Gasteiger partial charge in [0.25, 0.3) is 5.82 Å². The molecule has 21 heavy (non-hydrogen) atoms. The number of rotatable bonds is 2. The number of nitrogens with zero attached hydrogens (tertiary/aromatic N) is 1. The minimum Gasteiger partial charge on any atom is -0.466 e. The van der Waals surface area contributed by atoms with Crippen LogP contribution >= 0.6 is 23.2 Å². The Bertz CT molecular complexity index is 554. The lowest BCUT2D eigenvalue weighted by Gasteiger charge is -2.17. The summed E-state index contributed by atoms with van der Waals surface area (Å²) in [6.07, 6.45) is -3.36. The molecule has 1 saturated heterocycles. The van der Waals surface area contributed by atoms with Crippen LogP contribution in [0.1, 0.15) is 12.0 Å². The van der Waals surface area contributed by atoms with Crippen LogP contribution in [-0.4, -0.2) is 31.0 Å². The Morgan fingerprint density at radius 2 is 2.19 bits per heavy atom. The van der Waals surface area contributed by atoms with E-state index in [0.29, 0.717) is 6.42 Å². The van der Waals surface area contributed by atoms with Gasteiger partial charge in [-0.05, 0) is 6.07 Å². The number of esters is 1. The summed E-state index contributed by atoms with van der Waals surface area (Å²) < 4.78 is 42.5. The number of aromatic amines is 1. The van der Waals surface area contributed by atoms with E-state index < -0.39 is 23.8 Å². The lowest BCUT2D eigenvalue weighted by molar-refractivity contribution is -0.367. The van der Waals surface area contributed by atoms with Crippen LogP contribution in [0.4, 0.5) is 19.0 Å². The lowest BCUT2D eigenvalue weighted by atomic mass is 10.2. The van der Waals surface area contributed by atoms with E-state index in [1.54, 1.807) is 0 Å². The van der Waals surface area contributed by atoms with Crippen molar-refractivity contribution < 1.29 is 27.7 Å². The highest BCUT2D eigenvalue weighted by Crippen LogP contribution is 2.35. The summed E-state index contributed by atoms with van der Waals surface area (Å²) in [6.45, 7) is 0.281. The van der Waals surface area contributed by atoms with Crippen LogP contribution in [-0.2, 0) is 15.7 Å². The minimum atomic E-state index is -4.50. The Morgan fingerprint density at radius 1 is 1.52 bits per heavy atom. The van der Waals surface area contributed by atoms with Gasteiger partial charge in [-0.3, -0.25) is 0 Å². The Morgan fingerprint density at radius 3 is 2.71 bits per heavy atom. The second-order valence-corrected chi connectivity index (χ2v) is 5.63. The van der Waals surface area contributed by atoms with Crippen molar-refractivity contribution in [3.63, 3.8) is 0 Å². The summed E-state index contributed by atoms with van der Waals surface area (Å²) in [7, 11) is 1.24. The average Bonchev–Trinajstić information content (AvgIpc) is 2.78. The van der Waals surface area contributed by atoms with E-state index in [0.717, 1.165) is 12.3 Å². The molecular weight excluding hydrogens is 332 g/mol. The third-order valence-corrected chi connectivity index (χ3v) is 3.81. The molecule has 0 aromatic carbocycles. The highest BCUT2D eigenvalue weighted by molar-refractivity contribution is 6.32. The van der Waals surface area contributed by atoms with E-state index in [4.69, 9.17) is 23.2 Å². The Hall–Kier alpha value is -1.21. The van der Waals surface area contributed by atoms with Crippen molar-refractivity contribution in [1.82, 2.24) is 0 Å². The van der Waals surface area contributed by atoms with Gasteiger partial charge in [-0.1, -0.05) is 11.6 Å². The molecule has 2 heterocycles. The molecule has 1 aromatic heterocycles.